The molecule has 0 spiro atoms. The smallest absolute Gasteiger partial charge is 0.243 e. The van der Waals surface area contributed by atoms with Crippen LogP contribution in [0.15, 0.2) is 0 Å². The van der Waals surface area contributed by atoms with E-state index in [-0.39, 0.29) is 44.7 Å². The highest BCUT2D eigenvalue weighted by atomic mass is 19.1. The largest absolute Gasteiger partial charge is 0.390 e. The first-order valence-electron chi connectivity index (χ1n) is 9.19. The Kier molecular flexibility index (Phi) is 3.82. The lowest BCUT2D eigenvalue weighted by Gasteiger charge is -2.61. The summed E-state index contributed by atoms with van der Waals surface area (Å²) in [4.78, 5) is 26.3. The number of halogens is 2. The summed E-state index contributed by atoms with van der Waals surface area (Å²) < 4.78 is 28.5. The summed E-state index contributed by atoms with van der Waals surface area (Å²) in [5.41, 5.74) is -3.64. The maximum Gasteiger partial charge on any atom is 0.243 e. The fourth-order valence-corrected chi connectivity index (χ4v) is 6.15. The van der Waals surface area contributed by atoms with Crippen LogP contribution in [0, 0.1) is 22.7 Å². The van der Waals surface area contributed by atoms with Crippen molar-refractivity contribution in [2.75, 3.05) is 13.1 Å². The van der Waals surface area contributed by atoms with E-state index in [1.165, 1.54) is 0 Å². The van der Waals surface area contributed by atoms with Gasteiger partial charge in [-0.3, -0.25) is 9.59 Å². The fourth-order valence-electron chi connectivity index (χ4n) is 6.15. The van der Waals surface area contributed by atoms with Gasteiger partial charge in [0.25, 0.3) is 0 Å². The van der Waals surface area contributed by atoms with Gasteiger partial charge in [-0.05, 0) is 38.0 Å². The molecule has 4 saturated carbocycles. The normalized spacial score (nSPS) is 46.2. The Hall–Kier alpha value is -1.75. The van der Waals surface area contributed by atoms with Crippen LogP contribution in [0.2, 0.25) is 0 Å². The first kappa shape index (κ1) is 17.7. The van der Waals surface area contributed by atoms with Gasteiger partial charge in [0, 0.05) is 12.8 Å². The van der Waals surface area contributed by atoms with E-state index in [0.717, 1.165) is 4.90 Å². The minimum Gasteiger partial charge on any atom is -0.390 e. The zero-order chi connectivity index (χ0) is 18.7. The molecular formula is C18H23F2N3O3. The molecule has 1 saturated heterocycles. The van der Waals surface area contributed by atoms with Crippen LogP contribution >= 0.6 is 0 Å². The number of hydrogen-bond donors (Lipinski definition) is 2. The molecule has 6 atom stereocenters. The van der Waals surface area contributed by atoms with Crippen LogP contribution in [0.25, 0.3) is 0 Å². The van der Waals surface area contributed by atoms with Crippen molar-refractivity contribution in [2.24, 2.45) is 11.3 Å². The Morgan fingerprint density at radius 3 is 2.69 bits per heavy atom. The van der Waals surface area contributed by atoms with E-state index in [2.05, 4.69) is 5.32 Å². The van der Waals surface area contributed by atoms with Gasteiger partial charge >= 0.3 is 0 Å². The Balaban J connectivity index is 1.43. The molecule has 2 amide bonds. The summed E-state index contributed by atoms with van der Waals surface area (Å²) in [6, 6.07) is 1.09. The molecular weight excluding hydrogens is 344 g/mol. The minimum atomic E-state index is -1.52. The third-order valence-electron chi connectivity index (χ3n) is 6.57. The number of nitriles is 1. The maximum absolute atomic E-state index is 15.0. The van der Waals surface area contributed by atoms with Gasteiger partial charge < -0.3 is 15.3 Å². The van der Waals surface area contributed by atoms with Gasteiger partial charge in [0.15, 0.2) is 0 Å². The second-order valence-corrected chi connectivity index (χ2v) is 8.87. The lowest BCUT2D eigenvalue weighted by atomic mass is 9.46. The first-order chi connectivity index (χ1) is 12.2. The van der Waals surface area contributed by atoms with Crippen molar-refractivity contribution >= 4 is 11.8 Å². The average molecular weight is 367 g/mol. The molecule has 4 bridgehead atoms. The van der Waals surface area contributed by atoms with E-state index >= 15 is 4.39 Å². The van der Waals surface area contributed by atoms with Crippen LogP contribution in [0.5, 0.6) is 0 Å². The number of nitrogens with one attached hydrogen (secondary N) is 1. The molecule has 8 heteroatoms. The molecule has 5 fully saturated rings. The van der Waals surface area contributed by atoms with Crippen LogP contribution in [0.4, 0.5) is 8.78 Å². The third kappa shape index (κ3) is 2.77. The highest BCUT2D eigenvalue weighted by Crippen LogP contribution is 2.64. The zero-order valence-corrected chi connectivity index (χ0v) is 14.5. The molecule has 4 unspecified atom stereocenters. The number of aliphatic hydroxyl groups is 1. The molecule has 0 aromatic heterocycles. The van der Waals surface area contributed by atoms with Crippen LogP contribution < -0.4 is 5.32 Å². The molecule has 5 aliphatic rings. The molecule has 0 radical (unpaired) electrons. The van der Waals surface area contributed by atoms with Gasteiger partial charge in [-0.15, -0.1) is 0 Å². The molecule has 1 heterocycles. The highest BCUT2D eigenvalue weighted by Gasteiger charge is 2.66. The van der Waals surface area contributed by atoms with Crippen LogP contribution in [-0.2, 0) is 9.59 Å². The molecule has 142 valence electrons. The topological polar surface area (TPSA) is 93.4 Å². The lowest BCUT2D eigenvalue weighted by Crippen LogP contribution is -2.65. The van der Waals surface area contributed by atoms with Crippen molar-refractivity contribution in [2.45, 2.75) is 68.4 Å². The minimum absolute atomic E-state index is 0.0147. The number of rotatable bonds is 3. The summed E-state index contributed by atoms with van der Waals surface area (Å²) >= 11 is 0. The molecule has 0 aromatic carbocycles. The first-order valence-corrected chi connectivity index (χ1v) is 9.19. The number of alkyl halides is 2. The van der Waals surface area contributed by atoms with E-state index < -0.39 is 40.7 Å². The van der Waals surface area contributed by atoms with Crippen molar-refractivity contribution in [3.05, 3.63) is 0 Å². The molecule has 26 heavy (non-hydrogen) atoms. The molecule has 5 rings (SSSR count). The van der Waals surface area contributed by atoms with Gasteiger partial charge in [-0.2, -0.15) is 5.26 Å². The highest BCUT2D eigenvalue weighted by molar-refractivity contribution is 5.88. The molecule has 1 aliphatic heterocycles. The number of amides is 2. The predicted molar refractivity (Wildman–Crippen MR) is 86.1 cm³/mol. The van der Waals surface area contributed by atoms with E-state index in [4.69, 9.17) is 5.26 Å². The van der Waals surface area contributed by atoms with Crippen molar-refractivity contribution in [3.63, 3.8) is 0 Å². The number of carbonyl (C=O) groups excluding carboxylic acids is 2. The predicted octanol–water partition coefficient (Wildman–Crippen LogP) is 0.989. The SMILES string of the molecule is N#C[C@@H]1C[C@H](F)CN1C(=O)CNC(=O)C12CC3CC(O)(CC(F)(C3)C1)C2. The van der Waals surface area contributed by atoms with E-state index in [9.17, 15) is 19.1 Å². The standard InChI is InChI=1S/C18H23F2N3O3/c19-12-1-13(5-21)23(7-12)14(24)6-22-15(25)16-2-11-3-17(20,8-16)10-18(26,4-11)9-16/h11-13,26H,1-4,6-10H2,(H,22,25)/t11?,12-,13-,16?,17?,18?/m0/s1. The van der Waals surface area contributed by atoms with Crippen LogP contribution in [0.3, 0.4) is 0 Å². The second-order valence-electron chi connectivity index (χ2n) is 8.87. The Morgan fingerprint density at radius 1 is 1.27 bits per heavy atom. The fraction of sp³-hybridized carbons (Fsp3) is 0.833. The van der Waals surface area contributed by atoms with Crippen molar-refractivity contribution in [1.82, 2.24) is 10.2 Å². The van der Waals surface area contributed by atoms with Crippen LogP contribution in [0.1, 0.15) is 44.9 Å². The monoisotopic (exact) mass is 367 g/mol. The van der Waals surface area contributed by atoms with E-state index in [1.807, 2.05) is 6.07 Å². The van der Waals surface area contributed by atoms with Crippen molar-refractivity contribution in [1.29, 1.82) is 5.26 Å². The van der Waals surface area contributed by atoms with Crippen molar-refractivity contribution < 1.29 is 23.5 Å². The molecule has 0 aromatic rings. The van der Waals surface area contributed by atoms with Crippen molar-refractivity contribution in [3.8, 4) is 6.07 Å². The number of likely N-dealkylation sites (tertiary alicyclic amines) is 1. The summed E-state index contributed by atoms with van der Waals surface area (Å²) in [5.74, 6) is -0.945. The third-order valence-corrected chi connectivity index (χ3v) is 6.57. The molecule has 4 aliphatic carbocycles. The van der Waals surface area contributed by atoms with E-state index in [1.54, 1.807) is 0 Å². The summed E-state index contributed by atoms with van der Waals surface area (Å²) in [6.07, 6.45) is 0.580. The molecule has 2 N–H and O–H groups in total. The van der Waals surface area contributed by atoms with Crippen LogP contribution in [-0.4, -0.2) is 58.4 Å². The average Bonchev–Trinajstić information content (AvgIpc) is 2.89. The van der Waals surface area contributed by atoms with Gasteiger partial charge in [0.05, 0.1) is 30.2 Å². The maximum atomic E-state index is 15.0. The summed E-state index contributed by atoms with van der Waals surface area (Å²) in [7, 11) is 0. The lowest BCUT2D eigenvalue weighted by molar-refractivity contribution is -0.207. The number of hydrogen-bond acceptors (Lipinski definition) is 4. The number of carbonyl (C=O) groups is 2. The Bertz CT molecular complexity index is 676. The Morgan fingerprint density at radius 2 is 2.04 bits per heavy atom. The molecule has 6 nitrogen and oxygen atoms in total. The number of nitrogens with zero attached hydrogens (tertiary/aromatic N) is 2. The van der Waals surface area contributed by atoms with Gasteiger partial charge in [-0.25, -0.2) is 8.78 Å². The van der Waals surface area contributed by atoms with E-state index in [0.29, 0.717) is 19.3 Å². The summed E-state index contributed by atoms with van der Waals surface area (Å²) in [6.45, 7) is -0.485. The van der Waals surface area contributed by atoms with Gasteiger partial charge in [-0.1, -0.05) is 0 Å². The zero-order valence-electron chi connectivity index (χ0n) is 14.5. The second kappa shape index (κ2) is 5.62. The quantitative estimate of drug-likeness (QED) is 0.778. The van der Waals surface area contributed by atoms with Gasteiger partial charge in [0.1, 0.15) is 17.9 Å². The summed E-state index contributed by atoms with van der Waals surface area (Å²) in [5, 5.41) is 22.2. The van der Waals surface area contributed by atoms with Gasteiger partial charge in [0.2, 0.25) is 11.8 Å². The Labute approximate surface area is 150 Å².